The molecule has 1 amide bonds. The normalized spacial score (nSPS) is 14.3. The van der Waals surface area contributed by atoms with Crippen LogP contribution in [0.2, 0.25) is 0 Å². The van der Waals surface area contributed by atoms with Gasteiger partial charge in [0.1, 0.15) is 16.8 Å². The van der Waals surface area contributed by atoms with Crippen molar-refractivity contribution in [2.75, 3.05) is 23.3 Å². The van der Waals surface area contributed by atoms with Crippen molar-refractivity contribution >= 4 is 29.3 Å². The first-order valence-electron chi connectivity index (χ1n) is 11.2. The fraction of sp³-hybridized carbons (Fsp3) is 0.240. The molecule has 5 rings (SSSR count). The molecular weight excluding hydrogens is 453 g/mol. The van der Waals surface area contributed by atoms with Gasteiger partial charge in [0.15, 0.2) is 5.16 Å². The summed E-state index contributed by atoms with van der Waals surface area (Å²) in [5, 5.41) is 11.9. The van der Waals surface area contributed by atoms with E-state index in [0.717, 1.165) is 43.2 Å². The number of furan rings is 1. The molecule has 1 saturated heterocycles. The Kier molecular flexibility index (Phi) is 6.62. The smallest absolute Gasteiger partial charge is 0.242 e. The first-order chi connectivity index (χ1) is 16.7. The van der Waals surface area contributed by atoms with E-state index in [0.29, 0.717) is 17.4 Å². The SMILES string of the molecule is O=C(Nc1ccc(F)cc1)C(Sc1nnc(N2CCCC2)n1Cc1ccco1)c1ccccc1. The standard InChI is InChI=1S/C25H24FN5O2S/c26-19-10-12-20(13-11-19)27-23(32)22(18-7-2-1-3-8-18)34-25-29-28-24(30-14-4-5-15-30)31(25)17-21-9-6-16-33-21/h1-3,6-13,16,22H,4-5,14-15,17H2,(H,27,32). The Balaban J connectivity index is 1.46. The second-order valence-corrected chi connectivity index (χ2v) is 9.12. The number of carbonyl (C=O) groups excluding carboxylic acids is 1. The van der Waals surface area contributed by atoms with Crippen LogP contribution >= 0.6 is 11.8 Å². The van der Waals surface area contributed by atoms with Gasteiger partial charge in [-0.2, -0.15) is 0 Å². The minimum Gasteiger partial charge on any atom is -0.467 e. The highest BCUT2D eigenvalue weighted by atomic mass is 32.2. The number of aromatic nitrogens is 3. The Morgan fingerprint density at radius 1 is 1.03 bits per heavy atom. The van der Waals surface area contributed by atoms with Crippen LogP contribution in [-0.4, -0.2) is 33.8 Å². The van der Waals surface area contributed by atoms with Gasteiger partial charge >= 0.3 is 0 Å². The number of nitrogens with zero attached hydrogens (tertiary/aromatic N) is 4. The Hall–Kier alpha value is -3.59. The predicted molar refractivity (Wildman–Crippen MR) is 129 cm³/mol. The zero-order chi connectivity index (χ0) is 23.3. The average Bonchev–Trinajstić information content (AvgIpc) is 3.63. The summed E-state index contributed by atoms with van der Waals surface area (Å²) >= 11 is 1.34. The second kappa shape index (κ2) is 10.1. The summed E-state index contributed by atoms with van der Waals surface area (Å²) < 4.78 is 20.9. The van der Waals surface area contributed by atoms with Crippen molar-refractivity contribution in [2.24, 2.45) is 0 Å². The van der Waals surface area contributed by atoms with Crippen molar-refractivity contribution in [2.45, 2.75) is 29.8 Å². The van der Waals surface area contributed by atoms with E-state index in [4.69, 9.17) is 4.42 Å². The van der Waals surface area contributed by atoms with Crippen LogP contribution < -0.4 is 10.2 Å². The van der Waals surface area contributed by atoms with E-state index >= 15 is 0 Å². The molecule has 1 fully saturated rings. The first-order valence-corrected chi connectivity index (χ1v) is 12.0. The second-order valence-electron chi connectivity index (χ2n) is 8.05. The van der Waals surface area contributed by atoms with Gasteiger partial charge in [0, 0.05) is 18.8 Å². The molecule has 1 unspecified atom stereocenters. The maximum atomic E-state index is 13.4. The van der Waals surface area contributed by atoms with Gasteiger partial charge in [0.25, 0.3) is 0 Å². The molecule has 3 heterocycles. The molecule has 174 valence electrons. The molecule has 1 aliphatic heterocycles. The lowest BCUT2D eigenvalue weighted by atomic mass is 10.1. The van der Waals surface area contributed by atoms with E-state index in [1.54, 1.807) is 18.4 Å². The van der Waals surface area contributed by atoms with Crippen LogP contribution in [0.4, 0.5) is 16.0 Å². The predicted octanol–water partition coefficient (Wildman–Crippen LogP) is 5.13. The summed E-state index contributed by atoms with van der Waals surface area (Å²) in [7, 11) is 0. The Morgan fingerprint density at radius 3 is 2.50 bits per heavy atom. The molecular formula is C25H24FN5O2S. The van der Waals surface area contributed by atoms with Gasteiger partial charge < -0.3 is 14.6 Å². The third-order valence-corrected chi connectivity index (χ3v) is 6.89. The number of halogens is 1. The largest absolute Gasteiger partial charge is 0.467 e. The molecule has 7 nitrogen and oxygen atoms in total. The summed E-state index contributed by atoms with van der Waals surface area (Å²) in [5.74, 6) is 0.988. The van der Waals surface area contributed by atoms with Crippen LogP contribution in [0.5, 0.6) is 0 Å². The molecule has 2 aromatic carbocycles. The first kappa shape index (κ1) is 22.2. The number of nitrogens with one attached hydrogen (secondary N) is 1. The topological polar surface area (TPSA) is 76.2 Å². The zero-order valence-electron chi connectivity index (χ0n) is 18.4. The number of amides is 1. The molecule has 0 bridgehead atoms. The zero-order valence-corrected chi connectivity index (χ0v) is 19.2. The number of benzene rings is 2. The van der Waals surface area contributed by atoms with Crippen LogP contribution in [-0.2, 0) is 11.3 Å². The fourth-order valence-corrected chi connectivity index (χ4v) is 4.99. The lowest BCUT2D eigenvalue weighted by Crippen LogP contribution is -2.23. The van der Waals surface area contributed by atoms with Crippen molar-refractivity contribution in [1.82, 2.24) is 14.8 Å². The molecule has 1 aliphatic rings. The van der Waals surface area contributed by atoms with Crippen LogP contribution in [0.3, 0.4) is 0 Å². The van der Waals surface area contributed by atoms with Crippen molar-refractivity contribution in [3.05, 3.63) is 90.1 Å². The van der Waals surface area contributed by atoms with Gasteiger partial charge in [-0.15, -0.1) is 10.2 Å². The van der Waals surface area contributed by atoms with Crippen molar-refractivity contribution in [3.63, 3.8) is 0 Å². The van der Waals surface area contributed by atoms with Gasteiger partial charge in [-0.25, -0.2) is 4.39 Å². The van der Waals surface area contributed by atoms with Gasteiger partial charge in [-0.3, -0.25) is 9.36 Å². The Labute approximate surface area is 201 Å². The van der Waals surface area contributed by atoms with E-state index in [1.165, 1.54) is 23.9 Å². The fourth-order valence-electron chi connectivity index (χ4n) is 3.96. The Morgan fingerprint density at radius 2 is 1.79 bits per heavy atom. The van der Waals surface area contributed by atoms with Crippen LogP contribution in [0.15, 0.2) is 82.6 Å². The highest BCUT2D eigenvalue weighted by Gasteiger charge is 2.28. The number of hydrogen-bond acceptors (Lipinski definition) is 6. The van der Waals surface area contributed by atoms with Crippen molar-refractivity contribution in [3.8, 4) is 0 Å². The average molecular weight is 478 g/mol. The van der Waals surface area contributed by atoms with Crippen LogP contribution in [0.25, 0.3) is 0 Å². The van der Waals surface area contributed by atoms with Gasteiger partial charge in [0.05, 0.1) is 12.8 Å². The number of rotatable bonds is 8. The van der Waals surface area contributed by atoms with Gasteiger partial charge in [-0.05, 0) is 54.8 Å². The van der Waals surface area contributed by atoms with Gasteiger partial charge in [0.2, 0.25) is 11.9 Å². The molecule has 1 atom stereocenters. The molecule has 34 heavy (non-hydrogen) atoms. The number of anilines is 2. The molecule has 0 saturated carbocycles. The Bertz CT molecular complexity index is 1220. The molecule has 0 radical (unpaired) electrons. The van der Waals surface area contributed by atoms with Crippen molar-refractivity contribution in [1.29, 1.82) is 0 Å². The summed E-state index contributed by atoms with van der Waals surface area (Å²) in [6.07, 6.45) is 3.87. The highest BCUT2D eigenvalue weighted by molar-refractivity contribution is 8.00. The molecule has 9 heteroatoms. The van der Waals surface area contributed by atoms with E-state index in [1.807, 2.05) is 47.0 Å². The lowest BCUT2D eigenvalue weighted by Gasteiger charge is -2.20. The molecule has 4 aromatic rings. The third kappa shape index (κ3) is 4.99. The van der Waals surface area contributed by atoms with E-state index in [2.05, 4.69) is 20.4 Å². The maximum Gasteiger partial charge on any atom is 0.242 e. The minimum atomic E-state index is -0.586. The molecule has 0 aliphatic carbocycles. The molecule has 1 N–H and O–H groups in total. The molecule has 0 spiro atoms. The summed E-state index contributed by atoms with van der Waals surface area (Å²) in [4.78, 5) is 15.6. The minimum absolute atomic E-state index is 0.224. The van der Waals surface area contributed by atoms with Crippen LogP contribution in [0.1, 0.15) is 29.4 Å². The lowest BCUT2D eigenvalue weighted by molar-refractivity contribution is -0.115. The monoisotopic (exact) mass is 477 g/mol. The third-order valence-electron chi connectivity index (χ3n) is 5.66. The maximum absolute atomic E-state index is 13.4. The van der Waals surface area contributed by atoms with Gasteiger partial charge in [-0.1, -0.05) is 42.1 Å². The highest BCUT2D eigenvalue weighted by Crippen LogP contribution is 2.37. The number of thioether (sulfide) groups is 1. The summed E-state index contributed by atoms with van der Waals surface area (Å²) in [6, 6.07) is 19.0. The number of carbonyl (C=O) groups is 1. The summed E-state index contributed by atoms with van der Waals surface area (Å²) in [6.45, 7) is 2.32. The summed E-state index contributed by atoms with van der Waals surface area (Å²) in [5.41, 5.74) is 1.37. The van der Waals surface area contributed by atoms with Crippen LogP contribution in [0, 0.1) is 5.82 Å². The van der Waals surface area contributed by atoms with E-state index in [-0.39, 0.29) is 11.7 Å². The number of hydrogen-bond donors (Lipinski definition) is 1. The molecule has 2 aromatic heterocycles. The van der Waals surface area contributed by atoms with Crippen molar-refractivity contribution < 1.29 is 13.6 Å². The van der Waals surface area contributed by atoms with E-state index < -0.39 is 5.25 Å². The quantitative estimate of drug-likeness (QED) is 0.355. The van der Waals surface area contributed by atoms with E-state index in [9.17, 15) is 9.18 Å².